The van der Waals surface area contributed by atoms with E-state index in [9.17, 15) is 5.11 Å². The molecule has 0 aliphatic rings. The molecule has 1 aromatic rings. The molecule has 0 fully saturated rings. The van der Waals surface area contributed by atoms with E-state index >= 15 is 0 Å². The molecule has 0 heterocycles. The molecular formula is C13H22N2O3. The molecule has 0 saturated carbocycles. The number of ether oxygens (including phenoxy) is 2. The lowest BCUT2D eigenvalue weighted by molar-refractivity contribution is 0.189. The van der Waals surface area contributed by atoms with Crippen molar-refractivity contribution in [2.75, 3.05) is 39.3 Å². The number of methoxy groups -OCH3 is 2. The van der Waals surface area contributed by atoms with Gasteiger partial charge in [0, 0.05) is 26.2 Å². The number of aliphatic hydroxyl groups is 1. The molecule has 1 unspecified atom stereocenters. The minimum absolute atomic E-state index is 0.232. The van der Waals surface area contributed by atoms with Crippen LogP contribution >= 0.6 is 0 Å². The maximum Gasteiger partial charge on any atom is 0.142 e. The van der Waals surface area contributed by atoms with Crippen LogP contribution in [0.3, 0.4) is 0 Å². The lowest BCUT2D eigenvalue weighted by atomic mass is 10.1. The molecule has 0 amide bonds. The lowest BCUT2D eigenvalue weighted by Gasteiger charge is -2.25. The quantitative estimate of drug-likeness (QED) is 0.785. The minimum atomic E-state index is -0.563. The molecule has 1 rings (SSSR count). The van der Waals surface area contributed by atoms with Gasteiger partial charge in [0.05, 0.1) is 26.0 Å². The molecule has 1 aromatic carbocycles. The van der Waals surface area contributed by atoms with Gasteiger partial charge in [0.15, 0.2) is 0 Å². The van der Waals surface area contributed by atoms with Crippen LogP contribution in [0.1, 0.15) is 5.56 Å². The van der Waals surface area contributed by atoms with Gasteiger partial charge in [0.1, 0.15) is 11.5 Å². The first-order chi connectivity index (χ1) is 8.53. The third-order valence-electron chi connectivity index (χ3n) is 2.86. The van der Waals surface area contributed by atoms with Gasteiger partial charge in [0.25, 0.3) is 0 Å². The van der Waals surface area contributed by atoms with Crippen LogP contribution < -0.4 is 20.1 Å². The molecule has 0 saturated heterocycles. The molecular weight excluding hydrogens is 232 g/mol. The lowest BCUT2D eigenvalue weighted by Crippen LogP contribution is -2.34. The molecule has 5 nitrogen and oxygen atoms in total. The van der Waals surface area contributed by atoms with Gasteiger partial charge in [-0.25, -0.2) is 0 Å². The summed E-state index contributed by atoms with van der Waals surface area (Å²) in [4.78, 5) is 1.90. The molecule has 0 bridgehead atoms. The summed E-state index contributed by atoms with van der Waals surface area (Å²) >= 11 is 0. The number of aliphatic hydroxyl groups excluding tert-OH is 1. The summed E-state index contributed by atoms with van der Waals surface area (Å²) in [6.07, 6.45) is -0.563. The highest BCUT2D eigenvalue weighted by atomic mass is 16.5. The molecule has 102 valence electrons. The number of anilines is 1. The molecule has 0 aliphatic heterocycles. The first-order valence-electron chi connectivity index (χ1n) is 5.85. The van der Waals surface area contributed by atoms with Crippen molar-refractivity contribution >= 4 is 5.69 Å². The van der Waals surface area contributed by atoms with Crippen LogP contribution in [0.2, 0.25) is 0 Å². The summed E-state index contributed by atoms with van der Waals surface area (Å²) in [6, 6.07) is 3.82. The zero-order valence-corrected chi connectivity index (χ0v) is 11.4. The van der Waals surface area contributed by atoms with Gasteiger partial charge >= 0.3 is 0 Å². The second kappa shape index (κ2) is 6.47. The van der Waals surface area contributed by atoms with E-state index in [2.05, 4.69) is 0 Å². The summed E-state index contributed by atoms with van der Waals surface area (Å²) in [6.45, 7) is 2.63. The van der Waals surface area contributed by atoms with Crippen molar-refractivity contribution in [3.63, 3.8) is 0 Å². The molecule has 3 N–H and O–H groups in total. The number of benzene rings is 1. The number of nitrogens with two attached hydrogens (primary N) is 1. The van der Waals surface area contributed by atoms with E-state index in [1.165, 1.54) is 0 Å². The number of likely N-dealkylation sites (N-methyl/N-ethyl adjacent to an activating group) is 1. The standard InChI is InChI=1S/C13H22N2O3/c1-9-5-13(18-4)11(6-12(9)17-3)15(2)8-10(16)7-14/h5-6,10,16H,7-8,14H2,1-4H3. The zero-order chi connectivity index (χ0) is 13.7. The van der Waals surface area contributed by atoms with Crippen molar-refractivity contribution < 1.29 is 14.6 Å². The van der Waals surface area contributed by atoms with Gasteiger partial charge < -0.3 is 25.2 Å². The van der Waals surface area contributed by atoms with Crippen LogP contribution in [-0.4, -0.2) is 45.6 Å². The predicted octanol–water partition coefficient (Wildman–Crippen LogP) is 0.768. The van der Waals surface area contributed by atoms with Crippen molar-refractivity contribution in [1.82, 2.24) is 0 Å². The Labute approximate surface area is 108 Å². The van der Waals surface area contributed by atoms with E-state index in [1.54, 1.807) is 14.2 Å². The normalized spacial score (nSPS) is 12.1. The fraction of sp³-hybridized carbons (Fsp3) is 0.538. The van der Waals surface area contributed by atoms with Crippen LogP contribution in [0.15, 0.2) is 12.1 Å². The number of aryl methyl sites for hydroxylation is 1. The second-order valence-corrected chi connectivity index (χ2v) is 4.26. The summed E-state index contributed by atoms with van der Waals surface area (Å²) < 4.78 is 10.6. The number of hydrogen-bond acceptors (Lipinski definition) is 5. The SMILES string of the molecule is COc1cc(N(C)CC(O)CN)c(OC)cc1C. The predicted molar refractivity (Wildman–Crippen MR) is 72.6 cm³/mol. The van der Waals surface area contributed by atoms with E-state index < -0.39 is 6.10 Å². The van der Waals surface area contributed by atoms with Crippen LogP contribution in [0.25, 0.3) is 0 Å². The molecule has 5 heteroatoms. The van der Waals surface area contributed by atoms with Gasteiger partial charge in [-0.3, -0.25) is 0 Å². The Morgan fingerprint density at radius 2 is 1.89 bits per heavy atom. The Hall–Kier alpha value is -1.46. The van der Waals surface area contributed by atoms with E-state index in [1.807, 2.05) is 31.0 Å². The molecule has 0 radical (unpaired) electrons. The molecule has 1 atom stereocenters. The average Bonchev–Trinajstić information content (AvgIpc) is 2.37. The van der Waals surface area contributed by atoms with Gasteiger partial charge in [-0.15, -0.1) is 0 Å². The van der Waals surface area contributed by atoms with E-state index in [4.69, 9.17) is 15.2 Å². The number of hydrogen-bond donors (Lipinski definition) is 2. The molecule has 0 spiro atoms. The first-order valence-corrected chi connectivity index (χ1v) is 5.85. The molecule has 0 aromatic heterocycles. The average molecular weight is 254 g/mol. The summed E-state index contributed by atoms with van der Waals surface area (Å²) in [5, 5.41) is 9.60. The first kappa shape index (κ1) is 14.6. The Balaban J connectivity index is 3.05. The van der Waals surface area contributed by atoms with Crippen molar-refractivity contribution in [2.45, 2.75) is 13.0 Å². The van der Waals surface area contributed by atoms with E-state index in [-0.39, 0.29) is 6.54 Å². The summed E-state index contributed by atoms with van der Waals surface area (Å²) in [7, 11) is 5.14. The summed E-state index contributed by atoms with van der Waals surface area (Å²) in [5.74, 6) is 1.54. The Morgan fingerprint density at radius 1 is 1.28 bits per heavy atom. The number of nitrogens with zero attached hydrogens (tertiary/aromatic N) is 1. The van der Waals surface area contributed by atoms with Crippen molar-refractivity contribution in [2.24, 2.45) is 5.73 Å². The topological polar surface area (TPSA) is 68.0 Å². The largest absolute Gasteiger partial charge is 0.496 e. The second-order valence-electron chi connectivity index (χ2n) is 4.26. The third-order valence-corrected chi connectivity index (χ3v) is 2.86. The van der Waals surface area contributed by atoms with Crippen LogP contribution in [-0.2, 0) is 0 Å². The monoisotopic (exact) mass is 254 g/mol. The smallest absolute Gasteiger partial charge is 0.142 e. The Bertz CT molecular complexity index is 396. The third kappa shape index (κ3) is 3.27. The van der Waals surface area contributed by atoms with Crippen molar-refractivity contribution in [3.8, 4) is 11.5 Å². The van der Waals surface area contributed by atoms with Gasteiger partial charge in [-0.2, -0.15) is 0 Å². The highest BCUT2D eigenvalue weighted by molar-refractivity contribution is 5.63. The Kier molecular flexibility index (Phi) is 5.25. The summed E-state index contributed by atoms with van der Waals surface area (Å²) in [5.41, 5.74) is 7.29. The zero-order valence-electron chi connectivity index (χ0n) is 11.4. The van der Waals surface area contributed by atoms with Crippen LogP contribution in [0, 0.1) is 6.92 Å². The van der Waals surface area contributed by atoms with Crippen molar-refractivity contribution in [1.29, 1.82) is 0 Å². The number of rotatable bonds is 6. The van der Waals surface area contributed by atoms with E-state index in [0.29, 0.717) is 6.54 Å². The maximum absolute atomic E-state index is 9.60. The van der Waals surface area contributed by atoms with Gasteiger partial charge in [-0.05, 0) is 18.6 Å². The highest BCUT2D eigenvalue weighted by Gasteiger charge is 2.14. The maximum atomic E-state index is 9.60. The molecule has 18 heavy (non-hydrogen) atoms. The molecule has 0 aliphatic carbocycles. The van der Waals surface area contributed by atoms with E-state index in [0.717, 1.165) is 22.7 Å². The fourth-order valence-electron chi connectivity index (χ4n) is 1.82. The van der Waals surface area contributed by atoms with Gasteiger partial charge in [0.2, 0.25) is 0 Å². The Morgan fingerprint density at radius 3 is 2.39 bits per heavy atom. The van der Waals surface area contributed by atoms with Crippen molar-refractivity contribution in [3.05, 3.63) is 17.7 Å². The fourth-order valence-corrected chi connectivity index (χ4v) is 1.82. The highest BCUT2D eigenvalue weighted by Crippen LogP contribution is 2.34. The van der Waals surface area contributed by atoms with Crippen LogP contribution in [0.5, 0.6) is 11.5 Å². The van der Waals surface area contributed by atoms with Gasteiger partial charge in [-0.1, -0.05) is 0 Å². The van der Waals surface area contributed by atoms with Crippen LogP contribution in [0.4, 0.5) is 5.69 Å². The minimum Gasteiger partial charge on any atom is -0.496 e.